The van der Waals surface area contributed by atoms with Gasteiger partial charge in [0.1, 0.15) is 0 Å². The summed E-state index contributed by atoms with van der Waals surface area (Å²) in [7, 11) is -1.18. The highest BCUT2D eigenvalue weighted by molar-refractivity contribution is 7.99. The third-order valence-electron chi connectivity index (χ3n) is 4.93. The first-order valence-electron chi connectivity index (χ1n) is 9.82. The molecule has 1 heterocycles. The molecule has 0 saturated carbocycles. The van der Waals surface area contributed by atoms with E-state index in [9.17, 15) is 8.42 Å². The lowest BCUT2D eigenvalue weighted by atomic mass is 10.1. The average molecular weight is 432 g/mol. The van der Waals surface area contributed by atoms with Gasteiger partial charge in [-0.25, -0.2) is 8.42 Å². The van der Waals surface area contributed by atoms with Gasteiger partial charge in [-0.05, 0) is 35.6 Å². The molecule has 1 aliphatic heterocycles. The van der Waals surface area contributed by atoms with Crippen LogP contribution in [0, 0.1) is 5.92 Å². The van der Waals surface area contributed by atoms with Crippen LogP contribution in [0.2, 0.25) is 0 Å². The van der Waals surface area contributed by atoms with Crippen molar-refractivity contribution in [1.29, 1.82) is 0 Å². The molecule has 0 aliphatic carbocycles. The molecule has 1 aliphatic rings. The summed E-state index contributed by atoms with van der Waals surface area (Å²) in [6.45, 7) is 2.71. The van der Waals surface area contributed by atoms with Crippen molar-refractivity contribution in [1.82, 2.24) is 10.2 Å². The van der Waals surface area contributed by atoms with Crippen LogP contribution < -0.4 is 5.32 Å². The van der Waals surface area contributed by atoms with E-state index in [1.165, 1.54) is 17.6 Å². The second-order valence-electron chi connectivity index (χ2n) is 7.51. The molecule has 156 valence electrons. The molecule has 0 radical (unpaired) electrons. The summed E-state index contributed by atoms with van der Waals surface area (Å²) >= 11 is 1.92. The van der Waals surface area contributed by atoms with Gasteiger partial charge in [0, 0.05) is 43.6 Å². The summed E-state index contributed by atoms with van der Waals surface area (Å²) in [5.74, 6) is 2.80. The Morgan fingerprint density at radius 2 is 1.83 bits per heavy atom. The van der Waals surface area contributed by atoms with Crippen LogP contribution in [-0.2, 0) is 22.1 Å². The Labute approximate surface area is 178 Å². The molecule has 5 nitrogen and oxygen atoms in total. The number of guanidine groups is 1. The van der Waals surface area contributed by atoms with Crippen molar-refractivity contribution in [3.05, 3.63) is 65.7 Å². The Kier molecular flexibility index (Phi) is 7.61. The van der Waals surface area contributed by atoms with Gasteiger partial charge in [-0.1, -0.05) is 42.5 Å². The van der Waals surface area contributed by atoms with Crippen LogP contribution in [0.1, 0.15) is 17.5 Å². The van der Waals surface area contributed by atoms with E-state index < -0.39 is 9.84 Å². The van der Waals surface area contributed by atoms with Crippen LogP contribution in [0.5, 0.6) is 0 Å². The van der Waals surface area contributed by atoms with Gasteiger partial charge in [-0.3, -0.25) is 4.99 Å². The Morgan fingerprint density at radius 1 is 1.14 bits per heavy atom. The molecule has 0 spiro atoms. The second kappa shape index (κ2) is 10.2. The summed E-state index contributed by atoms with van der Waals surface area (Å²) in [6.07, 6.45) is 2.44. The maximum absolute atomic E-state index is 11.4. The smallest absolute Gasteiger partial charge is 0.193 e. The number of hydrogen-bond donors (Lipinski definition) is 1. The Bertz CT molecular complexity index is 913. The standard InChI is InChI=1S/C22H29N3O2S2/c1-23-22(24-14-18-8-10-19(11-9-18)17-29(2,26)27)25-13-12-20(15-25)16-28-21-6-4-3-5-7-21/h3-11,20H,12-17H2,1-2H3,(H,23,24). The predicted octanol–water partition coefficient (Wildman–Crippen LogP) is 3.42. The van der Waals surface area contributed by atoms with E-state index in [1.807, 2.05) is 43.1 Å². The maximum Gasteiger partial charge on any atom is 0.193 e. The summed E-state index contributed by atoms with van der Waals surface area (Å²) in [4.78, 5) is 8.10. The first kappa shape index (κ1) is 21.7. The molecule has 1 fully saturated rings. The summed E-state index contributed by atoms with van der Waals surface area (Å²) < 4.78 is 22.8. The van der Waals surface area contributed by atoms with Gasteiger partial charge < -0.3 is 10.2 Å². The Balaban J connectivity index is 1.47. The molecule has 1 saturated heterocycles. The summed E-state index contributed by atoms with van der Waals surface area (Å²) in [5, 5.41) is 3.44. The van der Waals surface area contributed by atoms with Gasteiger partial charge in [-0.2, -0.15) is 0 Å². The van der Waals surface area contributed by atoms with Crippen LogP contribution in [0.4, 0.5) is 0 Å². The highest BCUT2D eigenvalue weighted by Crippen LogP contribution is 2.25. The lowest BCUT2D eigenvalue weighted by Gasteiger charge is -2.22. The molecule has 1 atom stereocenters. The minimum Gasteiger partial charge on any atom is -0.352 e. The van der Waals surface area contributed by atoms with Crippen molar-refractivity contribution in [3.8, 4) is 0 Å². The number of nitrogens with one attached hydrogen (secondary N) is 1. The van der Waals surface area contributed by atoms with E-state index in [0.717, 1.165) is 35.9 Å². The molecule has 0 bridgehead atoms. The SMILES string of the molecule is CN=C(NCc1ccc(CS(C)(=O)=O)cc1)N1CCC(CSc2ccccc2)C1. The highest BCUT2D eigenvalue weighted by atomic mass is 32.2. The first-order chi connectivity index (χ1) is 13.9. The quantitative estimate of drug-likeness (QED) is 0.413. The maximum atomic E-state index is 11.4. The zero-order valence-corrected chi connectivity index (χ0v) is 18.7. The second-order valence-corrected chi connectivity index (χ2v) is 10.7. The van der Waals surface area contributed by atoms with Gasteiger partial charge in [0.15, 0.2) is 15.8 Å². The zero-order valence-electron chi connectivity index (χ0n) is 17.0. The molecule has 2 aromatic rings. The lowest BCUT2D eigenvalue weighted by Crippen LogP contribution is -2.39. The van der Waals surface area contributed by atoms with Crippen molar-refractivity contribution in [3.63, 3.8) is 0 Å². The molecule has 0 amide bonds. The third-order valence-corrected chi connectivity index (χ3v) is 7.03. The fourth-order valence-electron chi connectivity index (χ4n) is 3.46. The minimum absolute atomic E-state index is 0.0819. The van der Waals surface area contributed by atoms with Crippen LogP contribution >= 0.6 is 11.8 Å². The normalized spacial score (nSPS) is 17.5. The number of thioether (sulfide) groups is 1. The van der Waals surface area contributed by atoms with Gasteiger partial charge in [0.2, 0.25) is 0 Å². The van der Waals surface area contributed by atoms with Gasteiger partial charge in [0.25, 0.3) is 0 Å². The summed E-state index contributed by atoms with van der Waals surface area (Å²) in [6, 6.07) is 18.3. The highest BCUT2D eigenvalue weighted by Gasteiger charge is 2.24. The topological polar surface area (TPSA) is 61.8 Å². The van der Waals surface area contributed by atoms with E-state index in [4.69, 9.17) is 0 Å². The molecule has 1 unspecified atom stereocenters. The fraction of sp³-hybridized carbons (Fsp3) is 0.409. The van der Waals surface area contributed by atoms with E-state index in [-0.39, 0.29) is 5.75 Å². The number of benzene rings is 2. The van der Waals surface area contributed by atoms with Crippen LogP contribution in [0.3, 0.4) is 0 Å². The minimum atomic E-state index is -3.00. The number of aliphatic imine (C=N–C) groups is 1. The van der Waals surface area contributed by atoms with Crippen molar-refractivity contribution in [2.45, 2.75) is 23.6 Å². The van der Waals surface area contributed by atoms with E-state index in [2.05, 4.69) is 45.5 Å². The van der Waals surface area contributed by atoms with E-state index in [0.29, 0.717) is 12.5 Å². The van der Waals surface area contributed by atoms with Gasteiger partial charge >= 0.3 is 0 Å². The number of likely N-dealkylation sites (tertiary alicyclic amines) is 1. The predicted molar refractivity (Wildman–Crippen MR) is 122 cm³/mol. The summed E-state index contributed by atoms with van der Waals surface area (Å²) in [5.41, 5.74) is 1.93. The van der Waals surface area contributed by atoms with Gasteiger partial charge in [-0.15, -0.1) is 11.8 Å². The Hall–Kier alpha value is -1.99. The number of sulfone groups is 1. The third kappa shape index (κ3) is 7.08. The molecule has 1 N–H and O–H groups in total. The average Bonchev–Trinajstić information content (AvgIpc) is 3.17. The zero-order chi connectivity index (χ0) is 20.7. The van der Waals surface area contributed by atoms with E-state index >= 15 is 0 Å². The lowest BCUT2D eigenvalue weighted by molar-refractivity contribution is 0.474. The van der Waals surface area contributed by atoms with Crippen LogP contribution in [-0.4, -0.2) is 51.4 Å². The van der Waals surface area contributed by atoms with Crippen molar-refractivity contribution >= 4 is 27.6 Å². The molecule has 7 heteroatoms. The van der Waals surface area contributed by atoms with Crippen LogP contribution in [0.25, 0.3) is 0 Å². The number of hydrogen-bond acceptors (Lipinski definition) is 4. The molecule has 3 rings (SSSR count). The Morgan fingerprint density at radius 3 is 2.48 bits per heavy atom. The van der Waals surface area contributed by atoms with Gasteiger partial charge in [0.05, 0.1) is 5.75 Å². The molecule has 2 aromatic carbocycles. The van der Waals surface area contributed by atoms with Crippen LogP contribution in [0.15, 0.2) is 64.5 Å². The molecule has 29 heavy (non-hydrogen) atoms. The fourth-order valence-corrected chi connectivity index (χ4v) is 5.31. The molecule has 0 aromatic heterocycles. The van der Waals surface area contributed by atoms with Crippen molar-refractivity contribution in [2.24, 2.45) is 10.9 Å². The monoisotopic (exact) mass is 431 g/mol. The van der Waals surface area contributed by atoms with Crippen molar-refractivity contribution in [2.75, 3.05) is 32.1 Å². The molecular formula is C22H29N3O2S2. The number of rotatable bonds is 7. The first-order valence-corrected chi connectivity index (χ1v) is 12.9. The molecular weight excluding hydrogens is 402 g/mol. The number of nitrogens with zero attached hydrogens (tertiary/aromatic N) is 2. The van der Waals surface area contributed by atoms with E-state index in [1.54, 1.807) is 0 Å². The van der Waals surface area contributed by atoms with Crippen molar-refractivity contribution < 1.29 is 8.42 Å². The largest absolute Gasteiger partial charge is 0.352 e.